The molecule has 84 valence electrons. The van der Waals surface area contributed by atoms with E-state index in [0.717, 1.165) is 5.75 Å². The third-order valence-electron chi connectivity index (χ3n) is 2.29. The first-order valence-corrected chi connectivity index (χ1v) is 6.58. The van der Waals surface area contributed by atoms with Crippen molar-refractivity contribution in [3.8, 4) is 0 Å². The number of nitrogens with one attached hydrogen (secondary N) is 1. The van der Waals surface area contributed by atoms with E-state index in [1.54, 1.807) is 0 Å². The van der Waals surface area contributed by atoms with Crippen molar-refractivity contribution >= 4 is 11.8 Å². The number of benzene rings is 1. The number of rotatable bonds is 6. The third kappa shape index (κ3) is 4.24. The molecule has 0 bridgehead atoms. The van der Waals surface area contributed by atoms with Gasteiger partial charge in [-0.1, -0.05) is 30.3 Å². The van der Waals surface area contributed by atoms with Gasteiger partial charge in [0.1, 0.15) is 0 Å². The van der Waals surface area contributed by atoms with Crippen LogP contribution in [-0.2, 0) is 0 Å². The van der Waals surface area contributed by atoms with Gasteiger partial charge in [0.05, 0.1) is 6.61 Å². The summed E-state index contributed by atoms with van der Waals surface area (Å²) in [6.45, 7) is 2.17. The SMILES string of the molecule is CSCC(N[C@H](C)CO)c1ccccc1. The third-order valence-corrected chi connectivity index (χ3v) is 2.96. The largest absolute Gasteiger partial charge is 0.395 e. The van der Waals surface area contributed by atoms with Crippen molar-refractivity contribution < 1.29 is 5.11 Å². The van der Waals surface area contributed by atoms with Gasteiger partial charge in [-0.2, -0.15) is 11.8 Å². The molecule has 1 aromatic rings. The van der Waals surface area contributed by atoms with Crippen molar-refractivity contribution in [2.75, 3.05) is 18.6 Å². The molecule has 0 aliphatic carbocycles. The van der Waals surface area contributed by atoms with Gasteiger partial charge in [-0.15, -0.1) is 0 Å². The molecule has 0 amide bonds. The van der Waals surface area contributed by atoms with E-state index in [1.807, 2.05) is 36.9 Å². The molecule has 2 nitrogen and oxygen atoms in total. The van der Waals surface area contributed by atoms with Crippen LogP contribution >= 0.6 is 11.8 Å². The van der Waals surface area contributed by atoms with Crippen molar-refractivity contribution in [3.05, 3.63) is 35.9 Å². The van der Waals surface area contributed by atoms with Gasteiger partial charge in [-0.25, -0.2) is 0 Å². The van der Waals surface area contributed by atoms with E-state index in [9.17, 15) is 0 Å². The molecule has 2 N–H and O–H groups in total. The summed E-state index contributed by atoms with van der Waals surface area (Å²) in [7, 11) is 0. The second-order valence-corrected chi connectivity index (χ2v) is 4.58. The zero-order valence-electron chi connectivity index (χ0n) is 9.31. The lowest BCUT2D eigenvalue weighted by molar-refractivity contribution is 0.244. The van der Waals surface area contributed by atoms with E-state index in [0.29, 0.717) is 6.04 Å². The van der Waals surface area contributed by atoms with Gasteiger partial charge >= 0.3 is 0 Å². The van der Waals surface area contributed by atoms with Crippen LogP contribution in [0.2, 0.25) is 0 Å². The second-order valence-electron chi connectivity index (χ2n) is 3.67. The molecule has 1 aromatic carbocycles. The molecular weight excluding hydrogens is 206 g/mol. The van der Waals surface area contributed by atoms with Gasteiger partial charge in [-0.3, -0.25) is 0 Å². The highest BCUT2D eigenvalue weighted by atomic mass is 32.2. The fourth-order valence-corrected chi connectivity index (χ4v) is 2.11. The van der Waals surface area contributed by atoms with Crippen molar-refractivity contribution in [1.29, 1.82) is 0 Å². The maximum atomic E-state index is 9.03. The lowest BCUT2D eigenvalue weighted by Crippen LogP contribution is -2.34. The summed E-state index contributed by atoms with van der Waals surface area (Å²) in [6, 6.07) is 10.8. The molecule has 0 spiro atoms. The highest BCUT2D eigenvalue weighted by Gasteiger charge is 2.12. The van der Waals surface area contributed by atoms with Crippen LogP contribution < -0.4 is 5.32 Å². The van der Waals surface area contributed by atoms with Crippen LogP contribution in [-0.4, -0.2) is 29.8 Å². The van der Waals surface area contributed by atoms with Crippen molar-refractivity contribution in [3.63, 3.8) is 0 Å². The molecule has 0 aliphatic rings. The van der Waals surface area contributed by atoms with Crippen molar-refractivity contribution in [2.45, 2.75) is 19.0 Å². The first kappa shape index (κ1) is 12.6. The lowest BCUT2D eigenvalue weighted by atomic mass is 10.1. The molecule has 0 radical (unpaired) electrons. The van der Waals surface area contributed by atoms with Crippen LogP contribution in [0, 0.1) is 0 Å². The summed E-state index contributed by atoms with van der Waals surface area (Å²) in [5.41, 5.74) is 1.28. The molecule has 0 saturated carbocycles. The fraction of sp³-hybridized carbons (Fsp3) is 0.500. The van der Waals surface area contributed by atoms with E-state index in [4.69, 9.17) is 5.11 Å². The Kier molecular flexibility index (Phi) is 5.76. The number of thioether (sulfide) groups is 1. The minimum atomic E-state index is 0.141. The number of hydrogen-bond donors (Lipinski definition) is 2. The first-order valence-electron chi connectivity index (χ1n) is 5.18. The molecular formula is C12H19NOS. The molecule has 0 aliphatic heterocycles. The van der Waals surface area contributed by atoms with E-state index in [-0.39, 0.29) is 12.6 Å². The zero-order valence-corrected chi connectivity index (χ0v) is 10.1. The average Bonchev–Trinajstić information content (AvgIpc) is 2.29. The molecule has 0 saturated heterocycles. The van der Waals surface area contributed by atoms with Crippen LogP contribution in [0.1, 0.15) is 18.5 Å². The summed E-state index contributed by atoms with van der Waals surface area (Å²) in [4.78, 5) is 0. The average molecular weight is 225 g/mol. The minimum absolute atomic E-state index is 0.141. The van der Waals surface area contributed by atoms with Gasteiger partial charge in [0, 0.05) is 17.8 Å². The summed E-state index contributed by atoms with van der Waals surface area (Å²) in [5.74, 6) is 1.02. The summed E-state index contributed by atoms with van der Waals surface area (Å²) in [6.07, 6.45) is 2.10. The molecule has 0 aromatic heterocycles. The van der Waals surface area contributed by atoms with E-state index in [2.05, 4.69) is 23.7 Å². The van der Waals surface area contributed by atoms with E-state index >= 15 is 0 Å². The monoisotopic (exact) mass is 225 g/mol. The highest BCUT2D eigenvalue weighted by Crippen LogP contribution is 2.17. The fourth-order valence-electron chi connectivity index (χ4n) is 1.49. The maximum Gasteiger partial charge on any atom is 0.0582 e. The predicted octanol–water partition coefficient (Wildman–Crippen LogP) is 2.06. The highest BCUT2D eigenvalue weighted by molar-refractivity contribution is 7.98. The van der Waals surface area contributed by atoms with Gasteiger partial charge in [-0.05, 0) is 18.7 Å². The maximum absolute atomic E-state index is 9.03. The van der Waals surface area contributed by atoms with Crippen LogP contribution in [0.3, 0.4) is 0 Å². The summed E-state index contributed by atoms with van der Waals surface area (Å²) >= 11 is 1.81. The Balaban J connectivity index is 2.65. The lowest BCUT2D eigenvalue weighted by Gasteiger charge is -2.21. The molecule has 1 rings (SSSR count). The van der Waals surface area contributed by atoms with Gasteiger partial charge < -0.3 is 10.4 Å². The Labute approximate surface area is 96.1 Å². The first-order chi connectivity index (χ1) is 7.27. The van der Waals surface area contributed by atoms with Crippen LogP contribution in [0.4, 0.5) is 0 Å². The van der Waals surface area contributed by atoms with Crippen LogP contribution in [0.15, 0.2) is 30.3 Å². The molecule has 2 atom stereocenters. The van der Waals surface area contributed by atoms with Crippen LogP contribution in [0.25, 0.3) is 0 Å². The Morgan fingerprint density at radius 3 is 2.53 bits per heavy atom. The summed E-state index contributed by atoms with van der Waals surface area (Å²) in [5, 5.41) is 12.4. The Bertz CT molecular complexity index is 266. The van der Waals surface area contributed by atoms with E-state index in [1.165, 1.54) is 5.56 Å². The molecule has 0 fully saturated rings. The standard InChI is InChI=1S/C12H19NOS/c1-10(8-14)13-12(9-15-2)11-6-4-3-5-7-11/h3-7,10,12-14H,8-9H2,1-2H3/t10-,12?/m1/s1. The molecule has 0 heterocycles. The number of aliphatic hydroxyl groups excluding tert-OH is 1. The zero-order chi connectivity index (χ0) is 11.1. The topological polar surface area (TPSA) is 32.3 Å². The quantitative estimate of drug-likeness (QED) is 0.777. The minimum Gasteiger partial charge on any atom is -0.395 e. The van der Waals surface area contributed by atoms with Gasteiger partial charge in [0.25, 0.3) is 0 Å². The Morgan fingerprint density at radius 2 is 2.00 bits per heavy atom. The van der Waals surface area contributed by atoms with E-state index < -0.39 is 0 Å². The Hall–Kier alpha value is -0.510. The summed E-state index contributed by atoms with van der Waals surface area (Å²) < 4.78 is 0. The number of hydrogen-bond acceptors (Lipinski definition) is 3. The smallest absolute Gasteiger partial charge is 0.0582 e. The van der Waals surface area contributed by atoms with Crippen molar-refractivity contribution in [2.24, 2.45) is 0 Å². The Morgan fingerprint density at radius 1 is 1.33 bits per heavy atom. The van der Waals surface area contributed by atoms with Crippen LogP contribution in [0.5, 0.6) is 0 Å². The number of aliphatic hydroxyl groups is 1. The van der Waals surface area contributed by atoms with Gasteiger partial charge in [0.15, 0.2) is 0 Å². The second kappa shape index (κ2) is 6.88. The normalized spacial score (nSPS) is 14.9. The van der Waals surface area contributed by atoms with Crippen molar-refractivity contribution in [1.82, 2.24) is 5.32 Å². The molecule has 15 heavy (non-hydrogen) atoms. The predicted molar refractivity (Wildman–Crippen MR) is 67.2 cm³/mol. The molecule has 3 heteroatoms. The van der Waals surface area contributed by atoms with Gasteiger partial charge in [0.2, 0.25) is 0 Å². The molecule has 1 unspecified atom stereocenters.